The van der Waals surface area contributed by atoms with Crippen LogP contribution in [0.4, 0.5) is 4.39 Å². The Morgan fingerprint density at radius 1 is 1.00 bits per heavy atom. The second kappa shape index (κ2) is 12.0. The molecule has 2 aromatic rings. The van der Waals surface area contributed by atoms with Crippen LogP contribution in [-0.2, 0) is 25.6 Å². The summed E-state index contributed by atoms with van der Waals surface area (Å²) in [5.41, 5.74) is 8.04. The summed E-state index contributed by atoms with van der Waals surface area (Å²) in [5, 5.41) is 11.8. The maximum atomic E-state index is 13.1. The Labute approximate surface area is 192 Å². The average Bonchev–Trinajstić information content (AvgIpc) is 2.79. The summed E-state index contributed by atoms with van der Waals surface area (Å²) in [7, 11) is 0. The molecule has 2 rings (SSSR count). The topological polar surface area (TPSA) is 127 Å². The van der Waals surface area contributed by atoms with Gasteiger partial charge in [0.2, 0.25) is 5.91 Å². The summed E-state index contributed by atoms with van der Waals surface area (Å²) in [4.78, 5) is 49.3. The Hall–Kier alpha value is -3.39. The third-order valence-corrected chi connectivity index (χ3v) is 5.27. The Bertz CT molecular complexity index is 993. The van der Waals surface area contributed by atoms with Crippen molar-refractivity contribution >= 4 is 23.4 Å². The van der Waals surface area contributed by atoms with Gasteiger partial charge in [0.1, 0.15) is 18.6 Å². The van der Waals surface area contributed by atoms with Crippen LogP contribution in [0.3, 0.4) is 0 Å². The van der Waals surface area contributed by atoms with Crippen molar-refractivity contribution in [3.8, 4) is 11.1 Å². The van der Waals surface area contributed by atoms with E-state index < -0.39 is 48.1 Å². The minimum atomic E-state index is -1.90. The molecule has 0 aromatic heterocycles. The molecule has 8 heteroatoms. The molecule has 3 atom stereocenters. The van der Waals surface area contributed by atoms with Crippen LogP contribution in [0.1, 0.15) is 25.8 Å². The molecule has 4 N–H and O–H groups in total. The smallest absolute Gasteiger partial charge is 0.321 e. The van der Waals surface area contributed by atoms with Crippen molar-refractivity contribution in [1.29, 1.82) is 0 Å². The minimum Gasteiger partial charge on any atom is -0.480 e. The minimum absolute atomic E-state index is 0.0420. The zero-order valence-corrected chi connectivity index (χ0v) is 18.7. The Morgan fingerprint density at radius 3 is 2.18 bits per heavy atom. The number of Topliss-reactive ketones (excluding diaryl/α,β-unsaturated/α-hetero) is 2. The molecule has 0 radical (unpaired) electrons. The van der Waals surface area contributed by atoms with Gasteiger partial charge in [0, 0.05) is 0 Å². The number of benzene rings is 2. The van der Waals surface area contributed by atoms with Gasteiger partial charge in [-0.05, 0) is 29.0 Å². The highest BCUT2D eigenvalue weighted by molar-refractivity contribution is 6.09. The SMILES string of the molecule is CC(C)C[C@H](NC(=O)Cc1ccccc1-c1ccccc1)C(=O)C(C(=O)CF)C(N)C(=O)O. The van der Waals surface area contributed by atoms with Gasteiger partial charge in [-0.3, -0.25) is 19.2 Å². The summed E-state index contributed by atoms with van der Waals surface area (Å²) in [5.74, 6) is -6.14. The summed E-state index contributed by atoms with van der Waals surface area (Å²) in [6.45, 7) is 2.09. The number of carboxylic acids is 1. The number of aliphatic carboxylic acids is 1. The average molecular weight is 457 g/mol. The number of rotatable bonds is 12. The van der Waals surface area contributed by atoms with Crippen LogP contribution in [0.15, 0.2) is 54.6 Å². The lowest BCUT2D eigenvalue weighted by Gasteiger charge is -2.25. The Morgan fingerprint density at radius 2 is 1.61 bits per heavy atom. The van der Waals surface area contributed by atoms with Crippen molar-refractivity contribution in [2.24, 2.45) is 17.6 Å². The molecule has 33 heavy (non-hydrogen) atoms. The molecule has 0 saturated heterocycles. The molecular formula is C25H29FN2O5. The van der Waals surface area contributed by atoms with E-state index in [1.165, 1.54) is 0 Å². The van der Waals surface area contributed by atoms with Gasteiger partial charge in [0.05, 0.1) is 12.5 Å². The zero-order valence-electron chi connectivity index (χ0n) is 18.7. The lowest BCUT2D eigenvalue weighted by Crippen LogP contribution is -2.54. The molecule has 0 heterocycles. The first-order valence-electron chi connectivity index (χ1n) is 10.7. The summed E-state index contributed by atoms with van der Waals surface area (Å²) < 4.78 is 13.1. The molecule has 0 saturated carbocycles. The Balaban J connectivity index is 2.27. The third kappa shape index (κ3) is 7.05. The lowest BCUT2D eigenvalue weighted by molar-refractivity contribution is -0.147. The maximum absolute atomic E-state index is 13.1. The van der Waals surface area contributed by atoms with Gasteiger partial charge in [0.25, 0.3) is 0 Å². The highest BCUT2D eigenvalue weighted by atomic mass is 19.1. The largest absolute Gasteiger partial charge is 0.480 e. The second-order valence-electron chi connectivity index (χ2n) is 8.29. The van der Waals surface area contributed by atoms with E-state index in [1.54, 1.807) is 26.0 Å². The van der Waals surface area contributed by atoms with Crippen LogP contribution in [0.25, 0.3) is 11.1 Å². The van der Waals surface area contributed by atoms with Gasteiger partial charge >= 0.3 is 5.97 Å². The van der Waals surface area contributed by atoms with Gasteiger partial charge in [0.15, 0.2) is 11.6 Å². The van der Waals surface area contributed by atoms with Gasteiger partial charge in [-0.25, -0.2) is 4.39 Å². The summed E-state index contributed by atoms with van der Waals surface area (Å²) >= 11 is 0. The second-order valence-corrected chi connectivity index (χ2v) is 8.29. The number of hydrogen-bond donors (Lipinski definition) is 3. The molecule has 0 aliphatic carbocycles. The highest BCUT2D eigenvalue weighted by Gasteiger charge is 2.40. The van der Waals surface area contributed by atoms with Crippen molar-refractivity contribution in [2.75, 3.05) is 6.67 Å². The number of halogens is 1. The van der Waals surface area contributed by atoms with Crippen molar-refractivity contribution in [3.05, 3.63) is 60.2 Å². The first-order chi connectivity index (χ1) is 15.6. The van der Waals surface area contributed by atoms with E-state index in [2.05, 4.69) is 5.32 Å². The number of hydrogen-bond acceptors (Lipinski definition) is 5. The monoisotopic (exact) mass is 456 g/mol. The predicted molar refractivity (Wildman–Crippen MR) is 122 cm³/mol. The maximum Gasteiger partial charge on any atom is 0.321 e. The molecule has 0 bridgehead atoms. The van der Waals surface area contributed by atoms with Crippen LogP contribution in [0.5, 0.6) is 0 Å². The van der Waals surface area contributed by atoms with Crippen molar-refractivity contribution in [2.45, 2.75) is 38.8 Å². The van der Waals surface area contributed by atoms with Crippen LogP contribution in [-0.4, -0.2) is 47.3 Å². The van der Waals surface area contributed by atoms with E-state index in [1.807, 2.05) is 42.5 Å². The van der Waals surface area contributed by atoms with E-state index in [-0.39, 0.29) is 18.8 Å². The predicted octanol–water partition coefficient (Wildman–Crippen LogP) is 2.56. The number of alkyl halides is 1. The van der Waals surface area contributed by atoms with Gasteiger partial charge in [-0.15, -0.1) is 0 Å². The molecule has 176 valence electrons. The fourth-order valence-corrected chi connectivity index (χ4v) is 3.69. The third-order valence-electron chi connectivity index (χ3n) is 5.27. The number of nitrogens with two attached hydrogens (primary N) is 1. The van der Waals surface area contributed by atoms with Crippen molar-refractivity contribution in [3.63, 3.8) is 0 Å². The molecule has 0 aliphatic heterocycles. The van der Waals surface area contributed by atoms with Crippen molar-refractivity contribution < 1.29 is 28.7 Å². The molecule has 2 unspecified atom stereocenters. The molecule has 2 aromatic carbocycles. The van der Waals surface area contributed by atoms with Crippen LogP contribution >= 0.6 is 0 Å². The number of carbonyl (C=O) groups is 4. The molecule has 0 spiro atoms. The number of ketones is 2. The van der Waals surface area contributed by atoms with E-state index in [4.69, 9.17) is 5.73 Å². The van der Waals surface area contributed by atoms with E-state index in [0.717, 1.165) is 16.7 Å². The summed E-state index contributed by atoms with van der Waals surface area (Å²) in [6, 6.07) is 13.8. The normalized spacial score (nSPS) is 13.7. The Kier molecular flexibility index (Phi) is 9.42. The molecule has 1 amide bonds. The van der Waals surface area contributed by atoms with Crippen LogP contribution < -0.4 is 11.1 Å². The molecule has 7 nitrogen and oxygen atoms in total. The van der Waals surface area contributed by atoms with Gasteiger partial charge in [-0.1, -0.05) is 68.4 Å². The zero-order chi connectivity index (χ0) is 24.5. The highest BCUT2D eigenvalue weighted by Crippen LogP contribution is 2.24. The van der Waals surface area contributed by atoms with E-state index in [0.29, 0.717) is 0 Å². The van der Waals surface area contributed by atoms with Gasteiger partial charge < -0.3 is 16.2 Å². The fourth-order valence-electron chi connectivity index (χ4n) is 3.69. The molecular weight excluding hydrogens is 427 g/mol. The number of carbonyl (C=O) groups excluding carboxylic acids is 3. The molecule has 0 aliphatic rings. The van der Waals surface area contributed by atoms with Crippen molar-refractivity contribution in [1.82, 2.24) is 5.32 Å². The summed E-state index contributed by atoms with van der Waals surface area (Å²) in [6.07, 6.45) is 0.104. The standard InChI is InChI=1S/C25H29FN2O5/c1-15(2)12-19(24(31)22(20(29)14-26)23(27)25(32)33)28-21(30)13-17-10-6-7-11-18(17)16-8-4-3-5-9-16/h3-11,15,19,22-23H,12-14,27H2,1-2H3,(H,28,30)(H,32,33)/t19-,22?,23?/m0/s1. The number of nitrogens with one attached hydrogen (secondary N) is 1. The van der Waals surface area contributed by atoms with E-state index in [9.17, 15) is 28.7 Å². The molecule has 0 fully saturated rings. The van der Waals surface area contributed by atoms with E-state index >= 15 is 0 Å². The van der Waals surface area contributed by atoms with Gasteiger partial charge in [-0.2, -0.15) is 0 Å². The van der Waals surface area contributed by atoms with Crippen LogP contribution in [0, 0.1) is 11.8 Å². The number of carboxylic acid groups (broad SMARTS) is 1. The number of amides is 1. The lowest BCUT2D eigenvalue weighted by atomic mass is 9.85. The first kappa shape index (κ1) is 25.9. The van der Waals surface area contributed by atoms with Crippen LogP contribution in [0.2, 0.25) is 0 Å². The first-order valence-corrected chi connectivity index (χ1v) is 10.7. The quantitative estimate of drug-likeness (QED) is 0.422. The fraction of sp³-hybridized carbons (Fsp3) is 0.360.